The number of benzene rings is 1. The number of nitrogens with zero attached hydrogens (tertiary/aromatic N) is 1. The molecule has 1 heterocycles. The van der Waals surface area contributed by atoms with Gasteiger partial charge in [0, 0.05) is 29.0 Å². The summed E-state index contributed by atoms with van der Waals surface area (Å²) < 4.78 is 0. The Kier molecular flexibility index (Phi) is 5.00. The molecule has 2 nitrogen and oxygen atoms in total. The smallest absolute Gasteiger partial charge is 0.0453 e. The summed E-state index contributed by atoms with van der Waals surface area (Å²) in [4.78, 5) is 4.07. The van der Waals surface area contributed by atoms with Gasteiger partial charge >= 0.3 is 0 Å². The molecule has 1 aromatic carbocycles. The van der Waals surface area contributed by atoms with Crippen molar-refractivity contribution in [2.45, 2.75) is 13.0 Å². The summed E-state index contributed by atoms with van der Waals surface area (Å²) in [6.45, 7) is 1.63. The maximum absolute atomic E-state index is 6.10. The molecule has 0 saturated carbocycles. The van der Waals surface area contributed by atoms with E-state index in [4.69, 9.17) is 23.2 Å². The number of aromatic nitrogens is 1. The minimum Gasteiger partial charge on any atom is -0.312 e. The summed E-state index contributed by atoms with van der Waals surface area (Å²) in [6.07, 6.45) is 4.45. The second-order valence-corrected chi connectivity index (χ2v) is 4.80. The predicted octanol–water partition coefficient (Wildman–Crippen LogP) is 3.72. The van der Waals surface area contributed by atoms with Crippen LogP contribution in [0.1, 0.15) is 11.1 Å². The molecule has 94 valence electrons. The van der Waals surface area contributed by atoms with Crippen molar-refractivity contribution in [1.29, 1.82) is 0 Å². The zero-order valence-electron chi connectivity index (χ0n) is 9.87. The summed E-state index contributed by atoms with van der Waals surface area (Å²) in [6, 6.07) is 9.56. The Bertz CT molecular complexity index is 480. The molecule has 2 rings (SSSR count). The van der Waals surface area contributed by atoms with Crippen LogP contribution in [-0.4, -0.2) is 11.5 Å². The lowest BCUT2D eigenvalue weighted by Crippen LogP contribution is -2.17. The quantitative estimate of drug-likeness (QED) is 0.845. The average Bonchev–Trinajstić information content (AvgIpc) is 2.38. The van der Waals surface area contributed by atoms with Crippen molar-refractivity contribution >= 4 is 23.2 Å². The van der Waals surface area contributed by atoms with E-state index in [0.717, 1.165) is 35.1 Å². The van der Waals surface area contributed by atoms with E-state index in [1.54, 1.807) is 6.20 Å². The lowest BCUT2D eigenvalue weighted by molar-refractivity contribution is 0.685. The second-order valence-electron chi connectivity index (χ2n) is 3.99. The van der Waals surface area contributed by atoms with Crippen LogP contribution in [-0.2, 0) is 13.0 Å². The molecule has 0 saturated heterocycles. The van der Waals surface area contributed by atoms with Crippen LogP contribution in [0.25, 0.3) is 0 Å². The monoisotopic (exact) mass is 280 g/mol. The van der Waals surface area contributed by atoms with Gasteiger partial charge < -0.3 is 5.32 Å². The van der Waals surface area contributed by atoms with Crippen molar-refractivity contribution < 1.29 is 0 Å². The predicted molar refractivity (Wildman–Crippen MR) is 76.1 cm³/mol. The Hall–Kier alpha value is -1.09. The molecular weight excluding hydrogens is 267 g/mol. The summed E-state index contributed by atoms with van der Waals surface area (Å²) >= 11 is 12.2. The molecule has 18 heavy (non-hydrogen) atoms. The van der Waals surface area contributed by atoms with Crippen LogP contribution in [0.4, 0.5) is 0 Å². The van der Waals surface area contributed by atoms with E-state index in [-0.39, 0.29) is 0 Å². The van der Waals surface area contributed by atoms with Gasteiger partial charge in [-0.25, -0.2) is 0 Å². The topological polar surface area (TPSA) is 24.9 Å². The highest BCUT2D eigenvalue weighted by Crippen LogP contribution is 2.24. The number of hydrogen-bond acceptors (Lipinski definition) is 2. The lowest BCUT2D eigenvalue weighted by Gasteiger charge is -2.08. The summed E-state index contributed by atoms with van der Waals surface area (Å²) in [5, 5.41) is 4.80. The Balaban J connectivity index is 1.82. The summed E-state index contributed by atoms with van der Waals surface area (Å²) in [5.41, 5.74) is 2.17. The van der Waals surface area contributed by atoms with Gasteiger partial charge in [-0.3, -0.25) is 4.98 Å². The Morgan fingerprint density at radius 2 is 1.83 bits per heavy atom. The van der Waals surface area contributed by atoms with Gasteiger partial charge in [0.05, 0.1) is 0 Å². The van der Waals surface area contributed by atoms with Crippen LogP contribution < -0.4 is 5.32 Å². The highest BCUT2D eigenvalue weighted by Gasteiger charge is 2.04. The first-order chi connectivity index (χ1) is 8.77. The van der Waals surface area contributed by atoms with Crippen molar-refractivity contribution in [2.24, 2.45) is 0 Å². The van der Waals surface area contributed by atoms with Crippen molar-refractivity contribution in [3.8, 4) is 0 Å². The van der Waals surface area contributed by atoms with Gasteiger partial charge in [0.2, 0.25) is 0 Å². The van der Waals surface area contributed by atoms with Gasteiger partial charge in [0.25, 0.3) is 0 Å². The summed E-state index contributed by atoms with van der Waals surface area (Å²) in [7, 11) is 0. The SMILES string of the molecule is Clc1cccc(Cl)c1CCNCc1cccnc1. The van der Waals surface area contributed by atoms with Gasteiger partial charge in [-0.15, -0.1) is 0 Å². The molecule has 0 aliphatic rings. The molecule has 0 atom stereocenters. The Labute approximate surface area is 117 Å². The van der Waals surface area contributed by atoms with Crippen molar-refractivity contribution in [1.82, 2.24) is 10.3 Å². The second kappa shape index (κ2) is 6.74. The van der Waals surface area contributed by atoms with Gasteiger partial charge in [0.15, 0.2) is 0 Å². The van der Waals surface area contributed by atoms with Crippen LogP contribution in [0.5, 0.6) is 0 Å². The number of halogens is 2. The molecule has 0 bridgehead atoms. The zero-order chi connectivity index (χ0) is 12.8. The molecule has 0 fully saturated rings. The fourth-order valence-corrected chi connectivity index (χ4v) is 2.31. The molecule has 2 aromatic rings. The van der Waals surface area contributed by atoms with E-state index < -0.39 is 0 Å². The van der Waals surface area contributed by atoms with Gasteiger partial charge in [-0.2, -0.15) is 0 Å². The largest absolute Gasteiger partial charge is 0.312 e. The van der Waals surface area contributed by atoms with E-state index in [9.17, 15) is 0 Å². The first-order valence-electron chi connectivity index (χ1n) is 5.80. The standard InChI is InChI=1S/C14H14Cl2N2/c15-13-4-1-5-14(16)12(13)6-8-18-10-11-3-2-7-17-9-11/h1-5,7,9,18H,6,8,10H2. The van der Waals surface area contributed by atoms with Crippen molar-refractivity contribution in [2.75, 3.05) is 6.54 Å². The first-order valence-corrected chi connectivity index (χ1v) is 6.55. The molecule has 1 N–H and O–H groups in total. The van der Waals surface area contributed by atoms with Crippen molar-refractivity contribution in [3.63, 3.8) is 0 Å². The molecule has 0 spiro atoms. The highest BCUT2D eigenvalue weighted by atomic mass is 35.5. The van der Waals surface area contributed by atoms with E-state index in [1.807, 2.05) is 36.5 Å². The third-order valence-electron chi connectivity index (χ3n) is 2.67. The molecule has 4 heteroatoms. The van der Waals surface area contributed by atoms with E-state index >= 15 is 0 Å². The maximum atomic E-state index is 6.10. The first kappa shape index (κ1) is 13.3. The van der Waals surface area contributed by atoms with Gasteiger partial charge in [-0.05, 0) is 42.3 Å². The number of nitrogens with one attached hydrogen (secondary N) is 1. The van der Waals surface area contributed by atoms with Gasteiger partial charge in [-0.1, -0.05) is 35.3 Å². The van der Waals surface area contributed by atoms with Gasteiger partial charge in [0.1, 0.15) is 0 Å². The van der Waals surface area contributed by atoms with Crippen LogP contribution in [0.15, 0.2) is 42.7 Å². The molecule has 0 aliphatic carbocycles. The normalized spacial score (nSPS) is 10.6. The molecular formula is C14H14Cl2N2. The van der Waals surface area contributed by atoms with E-state index in [1.165, 1.54) is 5.56 Å². The fourth-order valence-electron chi connectivity index (χ4n) is 1.72. The molecule has 0 radical (unpaired) electrons. The van der Waals surface area contributed by atoms with Crippen molar-refractivity contribution in [3.05, 3.63) is 63.9 Å². The highest BCUT2D eigenvalue weighted by molar-refractivity contribution is 6.35. The van der Waals surface area contributed by atoms with E-state index in [2.05, 4.69) is 10.3 Å². The molecule has 0 unspecified atom stereocenters. The molecule has 1 aromatic heterocycles. The Morgan fingerprint density at radius 1 is 1.06 bits per heavy atom. The van der Waals surface area contributed by atoms with Crippen LogP contribution in [0.3, 0.4) is 0 Å². The average molecular weight is 281 g/mol. The summed E-state index contributed by atoms with van der Waals surface area (Å²) in [5.74, 6) is 0. The third-order valence-corrected chi connectivity index (χ3v) is 3.37. The molecule has 0 amide bonds. The van der Waals surface area contributed by atoms with Crippen LogP contribution in [0, 0.1) is 0 Å². The van der Waals surface area contributed by atoms with E-state index in [0.29, 0.717) is 0 Å². The Morgan fingerprint density at radius 3 is 2.50 bits per heavy atom. The number of pyridine rings is 1. The molecule has 0 aliphatic heterocycles. The minimum absolute atomic E-state index is 0.727. The number of hydrogen-bond donors (Lipinski definition) is 1. The third kappa shape index (κ3) is 3.70. The fraction of sp³-hybridized carbons (Fsp3) is 0.214. The van der Waals surface area contributed by atoms with Crippen LogP contribution >= 0.6 is 23.2 Å². The minimum atomic E-state index is 0.727. The van der Waals surface area contributed by atoms with Crippen LogP contribution in [0.2, 0.25) is 10.0 Å². The lowest BCUT2D eigenvalue weighted by atomic mass is 10.1. The maximum Gasteiger partial charge on any atom is 0.0453 e. The zero-order valence-corrected chi connectivity index (χ0v) is 11.4. The number of rotatable bonds is 5.